The Hall–Kier alpha value is -2.07. The van der Waals surface area contributed by atoms with Gasteiger partial charge in [0.25, 0.3) is 0 Å². The lowest BCUT2D eigenvalue weighted by molar-refractivity contribution is 0.524. The number of rotatable bonds is 2. The molecule has 2 aliphatic rings. The number of hydrogen-bond donors (Lipinski definition) is 2. The number of halogens is 2. The van der Waals surface area contributed by atoms with E-state index >= 15 is 0 Å². The fourth-order valence-corrected chi connectivity index (χ4v) is 3.91. The summed E-state index contributed by atoms with van der Waals surface area (Å²) in [5, 5.41) is 7.37. The second-order valence-corrected chi connectivity index (χ2v) is 7.08. The van der Waals surface area contributed by atoms with E-state index in [1.807, 2.05) is 18.2 Å². The third-order valence-electron chi connectivity index (χ3n) is 5.30. The molecule has 4 rings (SSSR count). The van der Waals surface area contributed by atoms with Crippen LogP contribution in [-0.4, -0.2) is 11.4 Å². The van der Waals surface area contributed by atoms with E-state index < -0.39 is 0 Å². The Labute approximate surface area is 160 Å². The zero-order chi connectivity index (χ0) is 17.1. The molecule has 0 atom stereocenters. The van der Waals surface area contributed by atoms with E-state index in [1.165, 1.54) is 37.8 Å². The largest absolute Gasteiger partial charge is 0.371 e. The molecule has 0 unspecified atom stereocenters. The third kappa shape index (κ3) is 3.85. The maximum Gasteiger partial charge on any atom is 0.127 e. The van der Waals surface area contributed by atoms with Gasteiger partial charge in [0.15, 0.2) is 0 Å². The molecule has 5 heteroatoms. The van der Waals surface area contributed by atoms with Gasteiger partial charge in [-0.3, -0.25) is 4.99 Å². The Morgan fingerprint density at radius 3 is 2.23 bits per heavy atom. The summed E-state index contributed by atoms with van der Waals surface area (Å²) in [6.07, 6.45) is 7.19. The van der Waals surface area contributed by atoms with E-state index in [0.717, 1.165) is 35.6 Å². The van der Waals surface area contributed by atoms with Crippen molar-refractivity contribution in [1.29, 1.82) is 0 Å². The van der Waals surface area contributed by atoms with Gasteiger partial charge in [0, 0.05) is 0 Å². The summed E-state index contributed by atoms with van der Waals surface area (Å²) in [7, 11) is 0. The summed E-state index contributed by atoms with van der Waals surface area (Å²) in [6, 6.07) is 14.9. The second kappa shape index (κ2) is 8.09. The standard InChI is InChI=1S/C21H24FN3.ClH/c22-17-11-9-16(10-12-17)15-23-20-21(13-5-1-2-6-14-21)25-19-8-4-3-7-18(19)24-20;/h3-4,7-12,25H,1-2,5-6,13-15H2,(H,23,24);1H. The number of amidine groups is 1. The first-order valence-corrected chi connectivity index (χ1v) is 9.19. The first kappa shape index (κ1) is 18.7. The first-order valence-electron chi connectivity index (χ1n) is 9.19. The lowest BCUT2D eigenvalue weighted by Gasteiger charge is -2.41. The molecule has 0 radical (unpaired) electrons. The van der Waals surface area contributed by atoms with Crippen LogP contribution in [0.25, 0.3) is 0 Å². The summed E-state index contributed by atoms with van der Waals surface area (Å²) in [6.45, 7) is 0.564. The average Bonchev–Trinajstić information content (AvgIpc) is 2.87. The topological polar surface area (TPSA) is 36.4 Å². The Bertz CT molecular complexity index is 765. The number of hydrogen-bond acceptors (Lipinski definition) is 2. The van der Waals surface area contributed by atoms with Crippen LogP contribution in [0.5, 0.6) is 0 Å². The maximum atomic E-state index is 13.1. The van der Waals surface area contributed by atoms with Gasteiger partial charge < -0.3 is 10.6 Å². The van der Waals surface area contributed by atoms with Gasteiger partial charge in [-0.05, 0) is 42.7 Å². The molecule has 2 aromatic rings. The number of fused-ring (bicyclic) bond motifs is 1. The van der Waals surface area contributed by atoms with Gasteiger partial charge in [-0.25, -0.2) is 4.39 Å². The zero-order valence-electron chi connectivity index (χ0n) is 14.8. The fraction of sp³-hybridized carbons (Fsp3) is 0.381. The highest BCUT2D eigenvalue weighted by Crippen LogP contribution is 2.38. The van der Waals surface area contributed by atoms with Crippen LogP contribution in [0.15, 0.2) is 53.5 Å². The molecule has 3 nitrogen and oxygen atoms in total. The van der Waals surface area contributed by atoms with E-state index in [9.17, 15) is 4.39 Å². The summed E-state index contributed by atoms with van der Waals surface area (Å²) < 4.78 is 13.1. The molecule has 1 saturated carbocycles. The van der Waals surface area contributed by atoms with E-state index in [1.54, 1.807) is 0 Å². The van der Waals surface area contributed by atoms with Gasteiger partial charge in [-0.1, -0.05) is 49.9 Å². The lowest BCUT2D eigenvalue weighted by atomic mass is 9.86. The highest BCUT2D eigenvalue weighted by Gasteiger charge is 2.39. The third-order valence-corrected chi connectivity index (χ3v) is 5.30. The van der Waals surface area contributed by atoms with Crippen LogP contribution in [0, 0.1) is 5.82 Å². The quantitative estimate of drug-likeness (QED) is 0.700. The van der Waals surface area contributed by atoms with Crippen LogP contribution < -0.4 is 10.6 Å². The van der Waals surface area contributed by atoms with Crippen molar-refractivity contribution in [3.05, 3.63) is 59.9 Å². The molecule has 0 aromatic heterocycles. The van der Waals surface area contributed by atoms with Crippen molar-refractivity contribution in [3.8, 4) is 0 Å². The van der Waals surface area contributed by atoms with Crippen LogP contribution in [-0.2, 0) is 6.54 Å². The molecular weight excluding hydrogens is 349 g/mol. The summed E-state index contributed by atoms with van der Waals surface area (Å²) >= 11 is 0. The molecule has 1 heterocycles. The molecule has 2 aromatic carbocycles. The fourth-order valence-electron chi connectivity index (χ4n) is 3.91. The number of anilines is 2. The van der Waals surface area contributed by atoms with Crippen molar-refractivity contribution in [2.24, 2.45) is 4.99 Å². The van der Waals surface area contributed by atoms with Crippen LogP contribution in [0.4, 0.5) is 15.8 Å². The highest BCUT2D eigenvalue weighted by molar-refractivity contribution is 6.09. The van der Waals surface area contributed by atoms with Gasteiger partial charge >= 0.3 is 0 Å². The van der Waals surface area contributed by atoms with E-state index in [4.69, 9.17) is 4.99 Å². The molecule has 138 valence electrons. The molecule has 1 aliphatic heterocycles. The van der Waals surface area contributed by atoms with E-state index in [-0.39, 0.29) is 23.8 Å². The van der Waals surface area contributed by atoms with E-state index in [2.05, 4.69) is 28.8 Å². The van der Waals surface area contributed by atoms with E-state index in [0.29, 0.717) is 6.54 Å². The highest BCUT2D eigenvalue weighted by atomic mass is 35.5. The summed E-state index contributed by atoms with van der Waals surface area (Å²) in [4.78, 5) is 4.92. The number of para-hydroxylation sites is 2. The molecule has 26 heavy (non-hydrogen) atoms. The van der Waals surface area contributed by atoms with Crippen LogP contribution in [0.2, 0.25) is 0 Å². The molecule has 1 fully saturated rings. The Kier molecular flexibility index (Phi) is 5.82. The van der Waals surface area contributed by atoms with Gasteiger partial charge in [0.1, 0.15) is 11.7 Å². The summed E-state index contributed by atoms with van der Waals surface area (Å²) in [5.74, 6) is 0.820. The van der Waals surface area contributed by atoms with Crippen molar-refractivity contribution in [1.82, 2.24) is 0 Å². The number of aliphatic imine (C=N–C) groups is 1. The lowest BCUT2D eigenvalue weighted by Crippen LogP contribution is -2.52. The molecule has 1 aliphatic carbocycles. The summed E-state index contributed by atoms with van der Waals surface area (Å²) in [5.41, 5.74) is 3.16. The number of nitrogens with one attached hydrogen (secondary N) is 2. The van der Waals surface area contributed by atoms with Gasteiger partial charge in [0.05, 0.1) is 23.5 Å². The van der Waals surface area contributed by atoms with Crippen molar-refractivity contribution in [2.75, 3.05) is 10.6 Å². The first-order chi connectivity index (χ1) is 12.3. The molecule has 1 spiro atoms. The Morgan fingerprint density at radius 1 is 0.885 bits per heavy atom. The second-order valence-electron chi connectivity index (χ2n) is 7.08. The molecule has 0 bridgehead atoms. The van der Waals surface area contributed by atoms with Gasteiger partial charge in [0.2, 0.25) is 0 Å². The minimum Gasteiger partial charge on any atom is -0.371 e. The van der Waals surface area contributed by atoms with Gasteiger partial charge in [-0.15, -0.1) is 12.4 Å². The van der Waals surface area contributed by atoms with Gasteiger partial charge in [-0.2, -0.15) is 0 Å². The molecular formula is C21H25ClFN3. The van der Waals surface area contributed by atoms with Crippen LogP contribution in [0.1, 0.15) is 44.1 Å². The zero-order valence-corrected chi connectivity index (χ0v) is 15.6. The predicted octanol–water partition coefficient (Wildman–Crippen LogP) is 5.78. The molecule has 2 N–H and O–H groups in total. The molecule has 0 amide bonds. The molecule has 0 saturated heterocycles. The average molecular weight is 374 g/mol. The number of nitrogens with zero attached hydrogens (tertiary/aromatic N) is 1. The monoisotopic (exact) mass is 373 g/mol. The van der Waals surface area contributed by atoms with Crippen LogP contribution in [0.3, 0.4) is 0 Å². The van der Waals surface area contributed by atoms with Crippen molar-refractivity contribution >= 4 is 29.6 Å². The minimum atomic E-state index is -0.206. The number of benzene rings is 2. The minimum absolute atomic E-state index is 0. The predicted molar refractivity (Wildman–Crippen MR) is 109 cm³/mol. The van der Waals surface area contributed by atoms with Crippen molar-refractivity contribution < 1.29 is 4.39 Å². The normalized spacial score (nSPS) is 19.7. The maximum absolute atomic E-state index is 13.1. The van der Waals surface area contributed by atoms with Crippen LogP contribution >= 0.6 is 12.4 Å². The van der Waals surface area contributed by atoms with Crippen molar-refractivity contribution in [2.45, 2.75) is 50.6 Å². The Balaban J connectivity index is 0.00000196. The SMILES string of the molecule is Cl.Fc1ccc(CN=C2Nc3ccccc3NC23CCCCCC3)cc1. The Morgan fingerprint density at radius 2 is 1.54 bits per heavy atom. The van der Waals surface area contributed by atoms with Crippen molar-refractivity contribution in [3.63, 3.8) is 0 Å². The smallest absolute Gasteiger partial charge is 0.127 e.